The molecule has 2 N–H and O–H groups in total. The third kappa shape index (κ3) is 7.13. The normalized spacial score (nSPS) is 10.0. The Morgan fingerprint density at radius 3 is 2.38 bits per heavy atom. The molecule has 0 aliphatic carbocycles. The van der Waals surface area contributed by atoms with Crippen LogP contribution in [-0.4, -0.2) is 43.3 Å². The maximum Gasteiger partial charge on any atom is 0.276 e. The minimum Gasteiger partial charge on any atom is -0.483 e. The molecule has 0 radical (unpaired) electrons. The number of hydrazine groups is 1. The largest absolute Gasteiger partial charge is 0.483 e. The van der Waals surface area contributed by atoms with Gasteiger partial charge in [0.05, 0.1) is 0 Å². The first-order valence-electron chi connectivity index (χ1n) is 7.77. The molecular weight excluding hydrogens is 310 g/mol. The maximum absolute atomic E-state index is 11.7. The van der Waals surface area contributed by atoms with Crippen LogP contribution in [-0.2, 0) is 14.4 Å². The predicted octanol–water partition coefficient (Wildman–Crippen LogP) is 1.09. The first-order chi connectivity index (χ1) is 11.3. The van der Waals surface area contributed by atoms with Crippen molar-refractivity contribution in [3.63, 3.8) is 0 Å². The summed E-state index contributed by atoms with van der Waals surface area (Å²) in [5.41, 5.74) is 6.56. The average molecular weight is 335 g/mol. The Labute approximate surface area is 142 Å². The minimum atomic E-state index is -0.450. The number of nitrogens with zero attached hydrogens (tertiary/aromatic N) is 1. The fourth-order valence-corrected chi connectivity index (χ4v) is 1.87. The third-order valence-electron chi connectivity index (χ3n) is 3.34. The van der Waals surface area contributed by atoms with Crippen molar-refractivity contribution >= 4 is 17.7 Å². The molecule has 0 bridgehead atoms. The highest BCUT2D eigenvalue weighted by molar-refractivity contribution is 5.83. The first kappa shape index (κ1) is 19.5. The van der Waals surface area contributed by atoms with Gasteiger partial charge in [0.25, 0.3) is 5.91 Å². The summed E-state index contributed by atoms with van der Waals surface area (Å²) in [6.07, 6.45) is 0.888. The van der Waals surface area contributed by atoms with E-state index < -0.39 is 5.91 Å². The van der Waals surface area contributed by atoms with Gasteiger partial charge in [0.2, 0.25) is 11.8 Å². The quantitative estimate of drug-likeness (QED) is 0.730. The maximum atomic E-state index is 11.7. The first-order valence-corrected chi connectivity index (χ1v) is 7.77. The molecule has 1 aromatic rings. The number of aryl methyl sites for hydroxylation is 2. The summed E-state index contributed by atoms with van der Waals surface area (Å²) in [5, 5.41) is 0. The van der Waals surface area contributed by atoms with E-state index in [9.17, 15) is 14.4 Å². The molecule has 0 atom stereocenters. The summed E-state index contributed by atoms with van der Waals surface area (Å²) in [6, 6.07) is 5.73. The Morgan fingerprint density at radius 1 is 1.04 bits per heavy atom. The average Bonchev–Trinajstić information content (AvgIpc) is 2.53. The number of nitrogens with one attached hydrogen (secondary N) is 2. The second kappa shape index (κ2) is 9.54. The number of benzene rings is 1. The van der Waals surface area contributed by atoms with Crippen molar-refractivity contribution in [3.05, 3.63) is 29.3 Å². The van der Waals surface area contributed by atoms with E-state index in [2.05, 4.69) is 10.9 Å². The van der Waals surface area contributed by atoms with Crippen molar-refractivity contribution < 1.29 is 19.1 Å². The van der Waals surface area contributed by atoms with E-state index in [0.29, 0.717) is 18.6 Å². The van der Waals surface area contributed by atoms with E-state index in [1.807, 2.05) is 32.0 Å². The molecule has 0 aliphatic rings. The van der Waals surface area contributed by atoms with Gasteiger partial charge in [-0.25, -0.2) is 0 Å². The van der Waals surface area contributed by atoms with Crippen LogP contribution in [0, 0.1) is 13.8 Å². The van der Waals surface area contributed by atoms with E-state index in [4.69, 9.17) is 4.74 Å². The lowest BCUT2D eigenvalue weighted by molar-refractivity contribution is -0.131. The van der Waals surface area contributed by atoms with Gasteiger partial charge in [-0.1, -0.05) is 12.1 Å². The second-order valence-electron chi connectivity index (χ2n) is 5.80. The second-order valence-corrected chi connectivity index (χ2v) is 5.80. The molecule has 0 saturated carbocycles. The van der Waals surface area contributed by atoms with E-state index in [1.54, 1.807) is 14.1 Å². The summed E-state index contributed by atoms with van der Waals surface area (Å²) < 4.78 is 5.44. The van der Waals surface area contributed by atoms with Gasteiger partial charge >= 0.3 is 0 Å². The highest BCUT2D eigenvalue weighted by Gasteiger charge is 2.09. The standard InChI is InChI=1S/C17H25N3O4/c1-12-8-9-13(2)14(10-12)24-11-16(22)19-18-15(21)6-5-7-17(23)20(3)4/h8-10H,5-7,11H2,1-4H3,(H,18,21)(H,19,22). The molecule has 0 aromatic heterocycles. The van der Waals surface area contributed by atoms with Crippen molar-refractivity contribution in [1.82, 2.24) is 15.8 Å². The van der Waals surface area contributed by atoms with Gasteiger partial charge in [0.15, 0.2) is 6.61 Å². The van der Waals surface area contributed by atoms with Gasteiger partial charge in [-0.15, -0.1) is 0 Å². The number of hydrogen-bond donors (Lipinski definition) is 2. The Balaban J connectivity index is 2.25. The molecule has 7 nitrogen and oxygen atoms in total. The topological polar surface area (TPSA) is 87.7 Å². The van der Waals surface area contributed by atoms with Crippen molar-refractivity contribution in [2.24, 2.45) is 0 Å². The lowest BCUT2D eigenvalue weighted by atomic mass is 10.1. The summed E-state index contributed by atoms with van der Waals surface area (Å²) in [4.78, 5) is 36.1. The predicted molar refractivity (Wildman–Crippen MR) is 90.2 cm³/mol. The summed E-state index contributed by atoms with van der Waals surface area (Å²) in [6.45, 7) is 3.64. The third-order valence-corrected chi connectivity index (χ3v) is 3.34. The van der Waals surface area contributed by atoms with Crippen molar-refractivity contribution in [1.29, 1.82) is 0 Å². The van der Waals surface area contributed by atoms with Crippen LogP contribution in [0.5, 0.6) is 5.75 Å². The molecule has 0 heterocycles. The van der Waals surface area contributed by atoms with E-state index in [0.717, 1.165) is 11.1 Å². The van der Waals surface area contributed by atoms with Gasteiger partial charge in [0, 0.05) is 26.9 Å². The number of rotatable bonds is 7. The minimum absolute atomic E-state index is 0.0336. The number of hydrogen-bond acceptors (Lipinski definition) is 4. The lowest BCUT2D eigenvalue weighted by Crippen LogP contribution is -2.43. The molecule has 1 aromatic carbocycles. The Hall–Kier alpha value is -2.57. The molecule has 0 saturated heterocycles. The van der Waals surface area contributed by atoms with Crippen LogP contribution >= 0.6 is 0 Å². The van der Waals surface area contributed by atoms with Crippen LogP contribution in [0.1, 0.15) is 30.4 Å². The number of amides is 3. The van der Waals surface area contributed by atoms with Crippen LogP contribution in [0.4, 0.5) is 0 Å². The molecule has 0 fully saturated rings. The molecule has 1 rings (SSSR count). The molecular formula is C17H25N3O4. The van der Waals surface area contributed by atoms with E-state index >= 15 is 0 Å². The van der Waals surface area contributed by atoms with Crippen molar-refractivity contribution in [3.8, 4) is 5.75 Å². The highest BCUT2D eigenvalue weighted by Crippen LogP contribution is 2.18. The lowest BCUT2D eigenvalue weighted by Gasteiger charge is -2.11. The Kier molecular flexibility index (Phi) is 7.74. The van der Waals surface area contributed by atoms with Crippen LogP contribution in [0.3, 0.4) is 0 Å². The zero-order chi connectivity index (χ0) is 18.1. The SMILES string of the molecule is Cc1ccc(C)c(OCC(=O)NNC(=O)CCCC(=O)N(C)C)c1. The highest BCUT2D eigenvalue weighted by atomic mass is 16.5. The summed E-state index contributed by atoms with van der Waals surface area (Å²) in [7, 11) is 3.33. The van der Waals surface area contributed by atoms with E-state index in [-0.39, 0.29) is 24.8 Å². The molecule has 3 amide bonds. The monoisotopic (exact) mass is 335 g/mol. The molecule has 24 heavy (non-hydrogen) atoms. The fourth-order valence-electron chi connectivity index (χ4n) is 1.87. The van der Waals surface area contributed by atoms with Gasteiger partial charge in [-0.05, 0) is 37.5 Å². The fraction of sp³-hybridized carbons (Fsp3) is 0.471. The smallest absolute Gasteiger partial charge is 0.276 e. The Morgan fingerprint density at radius 2 is 1.71 bits per heavy atom. The zero-order valence-electron chi connectivity index (χ0n) is 14.6. The number of ether oxygens (including phenoxy) is 1. The molecule has 0 aliphatic heterocycles. The van der Waals surface area contributed by atoms with Crippen LogP contribution in [0.15, 0.2) is 18.2 Å². The van der Waals surface area contributed by atoms with Crippen LogP contribution in [0.2, 0.25) is 0 Å². The molecule has 7 heteroatoms. The molecule has 132 valence electrons. The van der Waals surface area contributed by atoms with Gasteiger partial charge in [-0.2, -0.15) is 0 Å². The molecule has 0 spiro atoms. The number of carbonyl (C=O) groups excluding carboxylic acids is 3. The van der Waals surface area contributed by atoms with Gasteiger partial charge < -0.3 is 9.64 Å². The molecule has 0 unspecified atom stereocenters. The van der Waals surface area contributed by atoms with Crippen LogP contribution < -0.4 is 15.6 Å². The summed E-state index contributed by atoms with van der Waals surface area (Å²) in [5.74, 6) is -0.192. The van der Waals surface area contributed by atoms with Gasteiger partial charge in [-0.3, -0.25) is 25.2 Å². The van der Waals surface area contributed by atoms with Gasteiger partial charge in [0.1, 0.15) is 5.75 Å². The Bertz CT molecular complexity index is 599. The van der Waals surface area contributed by atoms with Crippen LogP contribution in [0.25, 0.3) is 0 Å². The number of carbonyl (C=O) groups is 3. The van der Waals surface area contributed by atoms with E-state index in [1.165, 1.54) is 4.90 Å². The van der Waals surface area contributed by atoms with Crippen molar-refractivity contribution in [2.45, 2.75) is 33.1 Å². The zero-order valence-corrected chi connectivity index (χ0v) is 14.6. The summed E-state index contributed by atoms with van der Waals surface area (Å²) >= 11 is 0. The van der Waals surface area contributed by atoms with Crippen molar-refractivity contribution in [2.75, 3.05) is 20.7 Å².